The van der Waals surface area contributed by atoms with Gasteiger partial charge in [0.05, 0.1) is 40.5 Å². The average molecular weight is 496 g/mol. The number of carbonyl (C=O) groups excluding carboxylic acids is 1. The Morgan fingerprint density at radius 2 is 1.86 bits per heavy atom. The molecular formula is C26H33N5O3S. The third-order valence-corrected chi connectivity index (χ3v) is 7.51. The second-order valence-electron chi connectivity index (χ2n) is 10.7. The van der Waals surface area contributed by atoms with E-state index in [1.165, 1.54) is 11.3 Å². The molecule has 9 heteroatoms. The molecule has 0 bridgehead atoms. The largest absolute Gasteiger partial charge is 0.379 e. The van der Waals surface area contributed by atoms with Gasteiger partial charge in [-0.3, -0.25) is 9.69 Å². The SMILES string of the molecule is CC1(C)CC(C(=O)Nc2ncc(-c3ccc4nnc(CN5CCOCC5)cc4c3)s2)CC(C)(C)O1. The molecule has 4 heterocycles. The predicted molar refractivity (Wildman–Crippen MR) is 137 cm³/mol. The summed E-state index contributed by atoms with van der Waals surface area (Å²) in [5, 5.41) is 13.5. The number of anilines is 1. The molecule has 2 aromatic heterocycles. The molecule has 1 N–H and O–H groups in total. The number of nitrogens with zero attached hydrogens (tertiary/aromatic N) is 4. The summed E-state index contributed by atoms with van der Waals surface area (Å²) in [7, 11) is 0. The van der Waals surface area contributed by atoms with E-state index in [9.17, 15) is 4.79 Å². The van der Waals surface area contributed by atoms with E-state index in [1.54, 1.807) is 0 Å². The number of hydrogen-bond acceptors (Lipinski definition) is 8. The third kappa shape index (κ3) is 5.86. The van der Waals surface area contributed by atoms with Crippen molar-refractivity contribution in [1.82, 2.24) is 20.1 Å². The summed E-state index contributed by atoms with van der Waals surface area (Å²) >= 11 is 1.49. The molecule has 3 aromatic rings. The number of hydrogen-bond donors (Lipinski definition) is 1. The van der Waals surface area contributed by atoms with Gasteiger partial charge >= 0.3 is 0 Å². The third-order valence-electron chi connectivity index (χ3n) is 6.54. The number of carbonyl (C=O) groups is 1. The van der Waals surface area contributed by atoms with Gasteiger partial charge in [-0.25, -0.2) is 4.98 Å². The fraction of sp³-hybridized carbons (Fsp3) is 0.538. The van der Waals surface area contributed by atoms with E-state index >= 15 is 0 Å². The first-order chi connectivity index (χ1) is 16.7. The van der Waals surface area contributed by atoms with Gasteiger partial charge in [0, 0.05) is 37.1 Å². The number of benzene rings is 1. The highest BCUT2D eigenvalue weighted by molar-refractivity contribution is 7.19. The maximum absolute atomic E-state index is 13.0. The highest BCUT2D eigenvalue weighted by Crippen LogP contribution is 2.39. The Balaban J connectivity index is 1.29. The van der Waals surface area contributed by atoms with Crippen LogP contribution in [0.1, 0.15) is 46.2 Å². The Labute approximate surface area is 210 Å². The van der Waals surface area contributed by atoms with Crippen LogP contribution in [-0.4, -0.2) is 63.5 Å². The highest BCUT2D eigenvalue weighted by atomic mass is 32.1. The number of nitrogens with one attached hydrogen (secondary N) is 1. The molecule has 0 atom stereocenters. The molecule has 5 rings (SSSR count). The van der Waals surface area contributed by atoms with Gasteiger partial charge in [-0.15, -0.1) is 0 Å². The zero-order chi connectivity index (χ0) is 24.6. The number of thiazole rings is 1. The van der Waals surface area contributed by atoms with Crippen LogP contribution in [0.5, 0.6) is 0 Å². The minimum absolute atomic E-state index is 0.0110. The molecule has 8 nitrogen and oxygen atoms in total. The fourth-order valence-corrected chi connectivity index (χ4v) is 6.07. The molecule has 0 aliphatic carbocycles. The predicted octanol–water partition coefficient (Wildman–Crippen LogP) is 4.51. The van der Waals surface area contributed by atoms with Crippen molar-refractivity contribution < 1.29 is 14.3 Å². The molecule has 1 aromatic carbocycles. The van der Waals surface area contributed by atoms with Crippen LogP contribution in [0.15, 0.2) is 30.5 Å². The summed E-state index contributed by atoms with van der Waals surface area (Å²) in [5.41, 5.74) is 2.21. The van der Waals surface area contributed by atoms with E-state index in [2.05, 4.69) is 37.5 Å². The number of rotatable bonds is 5. The molecular weight excluding hydrogens is 462 g/mol. The monoisotopic (exact) mass is 495 g/mol. The normalized spacial score (nSPS) is 20.7. The molecule has 186 valence electrons. The van der Waals surface area contributed by atoms with E-state index in [4.69, 9.17) is 9.47 Å². The maximum Gasteiger partial charge on any atom is 0.229 e. The van der Waals surface area contributed by atoms with Crippen LogP contribution in [0.3, 0.4) is 0 Å². The molecule has 2 fully saturated rings. The van der Waals surface area contributed by atoms with Crippen molar-refractivity contribution in [2.24, 2.45) is 5.92 Å². The summed E-state index contributed by atoms with van der Waals surface area (Å²) in [6.45, 7) is 12.3. The van der Waals surface area contributed by atoms with Gasteiger partial charge in [-0.1, -0.05) is 17.4 Å². The van der Waals surface area contributed by atoms with Gasteiger partial charge in [0.15, 0.2) is 5.13 Å². The lowest BCUT2D eigenvalue weighted by molar-refractivity contribution is -0.176. The van der Waals surface area contributed by atoms with Crippen molar-refractivity contribution in [3.8, 4) is 10.4 Å². The van der Waals surface area contributed by atoms with Crippen LogP contribution in [0, 0.1) is 5.92 Å². The van der Waals surface area contributed by atoms with E-state index < -0.39 is 0 Å². The molecule has 0 saturated carbocycles. The van der Waals surface area contributed by atoms with Crippen molar-refractivity contribution in [3.63, 3.8) is 0 Å². The number of morpholine rings is 1. The minimum Gasteiger partial charge on any atom is -0.379 e. The number of ether oxygens (including phenoxy) is 2. The van der Waals surface area contributed by atoms with Crippen LogP contribution < -0.4 is 5.32 Å². The van der Waals surface area contributed by atoms with Gasteiger partial charge in [0.2, 0.25) is 5.91 Å². The van der Waals surface area contributed by atoms with Gasteiger partial charge in [0.1, 0.15) is 0 Å². The summed E-state index contributed by atoms with van der Waals surface area (Å²) in [4.78, 5) is 20.9. The van der Waals surface area contributed by atoms with Gasteiger partial charge in [0.25, 0.3) is 0 Å². The molecule has 0 unspecified atom stereocenters. The van der Waals surface area contributed by atoms with Gasteiger partial charge in [-0.05, 0) is 64.3 Å². The van der Waals surface area contributed by atoms with Crippen molar-refractivity contribution in [1.29, 1.82) is 0 Å². The van der Waals surface area contributed by atoms with E-state index in [1.807, 2.05) is 46.0 Å². The van der Waals surface area contributed by atoms with Crippen LogP contribution >= 0.6 is 11.3 Å². The number of fused-ring (bicyclic) bond motifs is 1. The van der Waals surface area contributed by atoms with Crippen molar-refractivity contribution in [2.45, 2.75) is 58.3 Å². The Kier molecular flexibility index (Phi) is 6.61. The molecule has 2 aliphatic heterocycles. The smallest absolute Gasteiger partial charge is 0.229 e. The lowest BCUT2D eigenvalue weighted by Gasteiger charge is -2.44. The van der Waals surface area contributed by atoms with Crippen LogP contribution in [-0.2, 0) is 20.8 Å². The summed E-state index contributed by atoms with van der Waals surface area (Å²) in [5.74, 6) is -0.0953. The second kappa shape index (κ2) is 9.54. The van der Waals surface area contributed by atoms with Gasteiger partial charge < -0.3 is 14.8 Å². The summed E-state index contributed by atoms with van der Waals surface area (Å²) < 4.78 is 11.6. The van der Waals surface area contributed by atoms with Crippen molar-refractivity contribution in [2.75, 3.05) is 31.6 Å². The summed E-state index contributed by atoms with van der Waals surface area (Å²) in [6, 6.07) is 8.25. The summed E-state index contributed by atoms with van der Waals surface area (Å²) in [6.07, 6.45) is 3.21. The van der Waals surface area contributed by atoms with E-state index in [0.29, 0.717) is 18.0 Å². The number of aromatic nitrogens is 3. The minimum atomic E-state index is -0.327. The fourth-order valence-electron chi connectivity index (χ4n) is 5.26. The average Bonchev–Trinajstić information content (AvgIpc) is 3.26. The zero-order valence-corrected chi connectivity index (χ0v) is 21.7. The lowest BCUT2D eigenvalue weighted by atomic mass is 9.80. The van der Waals surface area contributed by atoms with E-state index in [0.717, 1.165) is 59.9 Å². The lowest BCUT2D eigenvalue weighted by Crippen LogP contribution is -2.48. The van der Waals surface area contributed by atoms with E-state index in [-0.39, 0.29) is 23.0 Å². The van der Waals surface area contributed by atoms with Crippen LogP contribution in [0.25, 0.3) is 21.3 Å². The maximum atomic E-state index is 13.0. The zero-order valence-electron chi connectivity index (χ0n) is 20.8. The second-order valence-corrected chi connectivity index (χ2v) is 11.8. The highest BCUT2D eigenvalue weighted by Gasteiger charge is 2.42. The Morgan fingerprint density at radius 3 is 2.60 bits per heavy atom. The van der Waals surface area contributed by atoms with Gasteiger partial charge in [-0.2, -0.15) is 10.2 Å². The molecule has 2 saturated heterocycles. The van der Waals surface area contributed by atoms with Crippen LogP contribution in [0.4, 0.5) is 5.13 Å². The molecule has 0 spiro atoms. The molecule has 0 radical (unpaired) electrons. The standard InChI is InChI=1S/C26H33N5O3S/c1-25(2)13-19(14-26(3,4)34-25)23(32)28-24-27-15-22(35-24)17-5-6-21-18(11-17)12-20(29-30-21)16-31-7-9-33-10-8-31/h5-6,11-12,15,19H,7-10,13-14,16H2,1-4H3,(H,27,28,32). The first-order valence-electron chi connectivity index (χ1n) is 12.2. The first kappa shape index (κ1) is 24.2. The Morgan fingerprint density at radius 1 is 1.11 bits per heavy atom. The topological polar surface area (TPSA) is 89.5 Å². The molecule has 1 amide bonds. The molecule has 2 aliphatic rings. The van der Waals surface area contributed by atoms with Crippen molar-refractivity contribution >= 4 is 33.3 Å². The number of amides is 1. The first-order valence-corrected chi connectivity index (χ1v) is 13.0. The quantitative estimate of drug-likeness (QED) is 0.557. The van der Waals surface area contributed by atoms with Crippen LogP contribution in [0.2, 0.25) is 0 Å². The Bertz CT molecular complexity index is 1200. The Hall–Kier alpha value is -2.46. The molecule has 35 heavy (non-hydrogen) atoms. The van der Waals surface area contributed by atoms with Crippen molar-refractivity contribution in [3.05, 3.63) is 36.2 Å².